The number of nitrogens with zero attached hydrogens (tertiary/aromatic N) is 2. The van der Waals surface area contributed by atoms with Gasteiger partial charge in [-0.1, -0.05) is 11.2 Å². The molecule has 0 atom stereocenters. The van der Waals surface area contributed by atoms with Crippen molar-refractivity contribution in [2.75, 3.05) is 12.4 Å². The largest absolute Gasteiger partial charge is 0.493 e. The number of amides is 1. The van der Waals surface area contributed by atoms with Crippen molar-refractivity contribution in [2.45, 2.75) is 20.5 Å². The normalized spacial score (nSPS) is 10.9. The second-order valence-electron chi connectivity index (χ2n) is 5.66. The number of thiazole rings is 1. The predicted molar refractivity (Wildman–Crippen MR) is 103 cm³/mol. The third kappa shape index (κ3) is 4.73. The Morgan fingerprint density at radius 1 is 1.33 bits per heavy atom. The first-order chi connectivity index (χ1) is 13.1. The number of aromatic nitrogens is 2. The van der Waals surface area contributed by atoms with E-state index in [1.165, 1.54) is 17.4 Å². The zero-order chi connectivity index (χ0) is 19.2. The van der Waals surface area contributed by atoms with E-state index in [2.05, 4.69) is 15.5 Å². The summed E-state index contributed by atoms with van der Waals surface area (Å²) >= 11 is 1.36. The summed E-state index contributed by atoms with van der Waals surface area (Å²) in [5.74, 6) is 1.66. The number of ether oxygens (including phenoxy) is 2. The van der Waals surface area contributed by atoms with E-state index in [0.717, 1.165) is 22.6 Å². The van der Waals surface area contributed by atoms with Gasteiger partial charge in [-0.3, -0.25) is 10.1 Å². The van der Waals surface area contributed by atoms with Crippen molar-refractivity contribution >= 4 is 28.5 Å². The first-order valence-electron chi connectivity index (χ1n) is 8.18. The average Bonchev–Trinajstić information content (AvgIpc) is 3.28. The van der Waals surface area contributed by atoms with E-state index in [4.69, 9.17) is 14.0 Å². The molecule has 3 aromatic rings. The fourth-order valence-electron chi connectivity index (χ4n) is 2.37. The lowest BCUT2D eigenvalue weighted by molar-refractivity contribution is -0.111. The average molecular weight is 385 g/mol. The van der Waals surface area contributed by atoms with E-state index in [1.54, 1.807) is 36.9 Å². The number of nitrogens with one attached hydrogen (secondary N) is 1. The fourth-order valence-corrected chi connectivity index (χ4v) is 2.90. The van der Waals surface area contributed by atoms with Crippen molar-refractivity contribution in [2.24, 2.45) is 0 Å². The molecule has 27 heavy (non-hydrogen) atoms. The highest BCUT2D eigenvalue weighted by atomic mass is 32.1. The lowest BCUT2D eigenvalue weighted by Crippen LogP contribution is -2.07. The molecule has 8 heteroatoms. The molecule has 2 heterocycles. The third-order valence-electron chi connectivity index (χ3n) is 3.83. The van der Waals surface area contributed by atoms with Crippen molar-refractivity contribution in [1.29, 1.82) is 0 Å². The standard InChI is InChI=1S/C19H19N3O4S/c1-12-15(13(2)26-22-12)11-25-16-6-4-14(10-17(16)24-3)5-7-18(23)21-19-20-8-9-27-19/h4-10H,11H2,1-3H3,(H,20,21,23)/b7-5+. The summed E-state index contributed by atoms with van der Waals surface area (Å²) in [6.07, 6.45) is 4.78. The summed E-state index contributed by atoms with van der Waals surface area (Å²) in [4.78, 5) is 15.9. The Morgan fingerprint density at radius 3 is 2.85 bits per heavy atom. The van der Waals surface area contributed by atoms with Crippen LogP contribution >= 0.6 is 11.3 Å². The number of rotatable bonds is 7. The third-order valence-corrected chi connectivity index (χ3v) is 4.52. The van der Waals surface area contributed by atoms with Gasteiger partial charge < -0.3 is 14.0 Å². The van der Waals surface area contributed by atoms with Crippen LogP contribution in [0.4, 0.5) is 5.13 Å². The van der Waals surface area contributed by atoms with Gasteiger partial charge in [0.05, 0.1) is 18.4 Å². The molecule has 0 saturated heterocycles. The molecule has 3 rings (SSSR count). The first kappa shape index (κ1) is 18.7. The van der Waals surface area contributed by atoms with Crippen molar-refractivity contribution < 1.29 is 18.8 Å². The summed E-state index contributed by atoms with van der Waals surface area (Å²) < 4.78 is 16.4. The van der Waals surface area contributed by atoms with Crippen LogP contribution in [-0.4, -0.2) is 23.2 Å². The molecule has 140 valence electrons. The Bertz CT molecular complexity index is 929. The lowest BCUT2D eigenvalue weighted by Gasteiger charge is -2.11. The SMILES string of the molecule is COc1cc(/C=C/C(=O)Nc2nccs2)ccc1OCc1c(C)noc1C. The molecule has 0 aliphatic carbocycles. The van der Waals surface area contributed by atoms with E-state index in [9.17, 15) is 4.79 Å². The van der Waals surface area contributed by atoms with Crippen molar-refractivity contribution in [3.8, 4) is 11.5 Å². The van der Waals surface area contributed by atoms with E-state index < -0.39 is 0 Å². The van der Waals surface area contributed by atoms with Crippen LogP contribution in [0.2, 0.25) is 0 Å². The summed E-state index contributed by atoms with van der Waals surface area (Å²) in [6.45, 7) is 4.06. The number of carbonyl (C=O) groups excluding carboxylic acids is 1. The molecule has 0 fully saturated rings. The van der Waals surface area contributed by atoms with Crippen LogP contribution in [0.5, 0.6) is 11.5 Å². The molecule has 0 aliphatic rings. The van der Waals surface area contributed by atoms with Gasteiger partial charge in [-0.25, -0.2) is 4.98 Å². The highest BCUT2D eigenvalue weighted by molar-refractivity contribution is 7.13. The molecule has 2 aromatic heterocycles. The number of anilines is 1. The minimum Gasteiger partial charge on any atom is -0.493 e. The van der Waals surface area contributed by atoms with Gasteiger partial charge in [-0.2, -0.15) is 0 Å². The maximum Gasteiger partial charge on any atom is 0.250 e. The van der Waals surface area contributed by atoms with Crippen LogP contribution in [0.15, 0.2) is 40.4 Å². The fraction of sp³-hybridized carbons (Fsp3) is 0.211. The van der Waals surface area contributed by atoms with Crippen molar-refractivity contribution in [3.05, 3.63) is 58.4 Å². The number of aryl methyl sites for hydroxylation is 2. The van der Waals surface area contributed by atoms with Gasteiger partial charge in [0.25, 0.3) is 0 Å². The molecule has 0 saturated carbocycles. The highest BCUT2D eigenvalue weighted by Gasteiger charge is 2.12. The maximum atomic E-state index is 11.9. The van der Waals surface area contributed by atoms with Gasteiger partial charge in [0.1, 0.15) is 12.4 Å². The Morgan fingerprint density at radius 2 is 2.19 bits per heavy atom. The highest BCUT2D eigenvalue weighted by Crippen LogP contribution is 2.30. The molecule has 0 aliphatic heterocycles. The summed E-state index contributed by atoms with van der Waals surface area (Å²) in [7, 11) is 1.57. The van der Waals surface area contributed by atoms with Crippen LogP contribution in [0.25, 0.3) is 6.08 Å². The van der Waals surface area contributed by atoms with Crippen LogP contribution in [0, 0.1) is 13.8 Å². The lowest BCUT2D eigenvalue weighted by atomic mass is 10.2. The Balaban J connectivity index is 1.66. The van der Waals surface area contributed by atoms with Gasteiger partial charge in [0, 0.05) is 17.7 Å². The summed E-state index contributed by atoms with van der Waals surface area (Å²) in [5, 5.41) is 8.96. The van der Waals surface area contributed by atoms with E-state index >= 15 is 0 Å². The second-order valence-corrected chi connectivity index (χ2v) is 6.56. The zero-order valence-electron chi connectivity index (χ0n) is 15.2. The van der Waals surface area contributed by atoms with Crippen LogP contribution < -0.4 is 14.8 Å². The number of hydrogen-bond acceptors (Lipinski definition) is 7. The Labute approximate surface area is 160 Å². The van der Waals surface area contributed by atoms with Crippen LogP contribution in [-0.2, 0) is 11.4 Å². The van der Waals surface area contributed by atoms with Crippen molar-refractivity contribution in [1.82, 2.24) is 10.1 Å². The number of methoxy groups -OCH3 is 1. The van der Waals surface area contributed by atoms with E-state index in [1.807, 2.05) is 19.9 Å². The molecular weight excluding hydrogens is 366 g/mol. The van der Waals surface area contributed by atoms with E-state index in [0.29, 0.717) is 23.2 Å². The number of carbonyl (C=O) groups is 1. The molecule has 0 unspecified atom stereocenters. The van der Waals surface area contributed by atoms with Crippen LogP contribution in [0.3, 0.4) is 0 Å². The second kappa shape index (κ2) is 8.50. The minimum atomic E-state index is -0.248. The molecule has 1 aromatic carbocycles. The Hall–Kier alpha value is -3.13. The molecule has 0 radical (unpaired) electrons. The van der Waals surface area contributed by atoms with Crippen molar-refractivity contribution in [3.63, 3.8) is 0 Å². The molecular formula is C19H19N3O4S. The van der Waals surface area contributed by atoms with Crippen LogP contribution in [0.1, 0.15) is 22.6 Å². The first-order valence-corrected chi connectivity index (χ1v) is 9.06. The smallest absolute Gasteiger partial charge is 0.250 e. The Kier molecular flexibility index (Phi) is 5.87. The minimum absolute atomic E-state index is 0.248. The molecule has 1 N–H and O–H groups in total. The van der Waals surface area contributed by atoms with E-state index in [-0.39, 0.29) is 5.91 Å². The molecule has 0 bridgehead atoms. The van der Waals surface area contributed by atoms with Gasteiger partial charge in [0.15, 0.2) is 16.6 Å². The van der Waals surface area contributed by atoms with Gasteiger partial charge in [0.2, 0.25) is 5.91 Å². The van der Waals surface area contributed by atoms with Gasteiger partial charge >= 0.3 is 0 Å². The predicted octanol–water partition coefficient (Wildman–Crippen LogP) is 3.99. The zero-order valence-corrected chi connectivity index (χ0v) is 16.0. The summed E-state index contributed by atoms with van der Waals surface area (Å²) in [6, 6.07) is 5.45. The molecule has 0 spiro atoms. The van der Waals surface area contributed by atoms with Gasteiger partial charge in [-0.15, -0.1) is 11.3 Å². The molecule has 7 nitrogen and oxygen atoms in total. The number of benzene rings is 1. The topological polar surface area (TPSA) is 86.5 Å². The maximum absolute atomic E-state index is 11.9. The molecule has 1 amide bonds. The van der Waals surface area contributed by atoms with Gasteiger partial charge in [-0.05, 0) is 37.6 Å². The quantitative estimate of drug-likeness (QED) is 0.619. The number of hydrogen-bond donors (Lipinski definition) is 1. The monoisotopic (exact) mass is 385 g/mol. The summed E-state index contributed by atoms with van der Waals surface area (Å²) in [5.41, 5.74) is 2.53.